The molecule has 3 N–H and O–H groups in total. The van der Waals surface area contributed by atoms with Crippen LogP contribution in [0.2, 0.25) is 5.15 Å². The van der Waals surface area contributed by atoms with Gasteiger partial charge in [0.2, 0.25) is 11.9 Å². The lowest BCUT2D eigenvalue weighted by molar-refractivity contribution is -0.124. The minimum atomic E-state index is -0.612. The van der Waals surface area contributed by atoms with Crippen LogP contribution in [0.1, 0.15) is 26.0 Å². The van der Waals surface area contributed by atoms with Crippen molar-refractivity contribution in [3.63, 3.8) is 0 Å². The summed E-state index contributed by atoms with van der Waals surface area (Å²) >= 11 is 5.79. The molecule has 0 aliphatic rings. The Kier molecular flexibility index (Phi) is 4.42. The highest BCUT2D eigenvalue weighted by Gasteiger charge is 2.30. The summed E-state index contributed by atoms with van der Waals surface area (Å²) in [5.74, 6) is 0.0253. The standard InChI is InChI=1S/C11H17ClN4O/c1-4-11(3,6-13)9(17)16-10-14-7(2)5-8(12)15-10/h5H,4,6,13H2,1-3H3,(H,14,15,16,17). The molecule has 1 aromatic rings. The van der Waals surface area contributed by atoms with Gasteiger partial charge in [0.25, 0.3) is 0 Å². The molecule has 1 aromatic heterocycles. The number of rotatable bonds is 4. The summed E-state index contributed by atoms with van der Waals surface area (Å²) in [5, 5.41) is 2.94. The highest BCUT2D eigenvalue weighted by atomic mass is 35.5. The van der Waals surface area contributed by atoms with Gasteiger partial charge >= 0.3 is 0 Å². The van der Waals surface area contributed by atoms with E-state index in [1.54, 1.807) is 19.9 Å². The fourth-order valence-corrected chi connectivity index (χ4v) is 1.47. The molecule has 1 amide bonds. The Bertz CT molecular complexity index is 398. The van der Waals surface area contributed by atoms with E-state index in [0.29, 0.717) is 17.3 Å². The summed E-state index contributed by atoms with van der Waals surface area (Å²) in [7, 11) is 0. The number of anilines is 1. The van der Waals surface area contributed by atoms with Crippen molar-refractivity contribution in [1.82, 2.24) is 9.97 Å². The van der Waals surface area contributed by atoms with Gasteiger partial charge in [-0.05, 0) is 26.3 Å². The first kappa shape index (κ1) is 13.9. The van der Waals surface area contributed by atoms with Crippen molar-refractivity contribution in [2.75, 3.05) is 11.9 Å². The van der Waals surface area contributed by atoms with E-state index in [0.717, 1.165) is 0 Å². The molecule has 0 saturated carbocycles. The number of nitrogens with two attached hydrogens (primary N) is 1. The molecule has 0 radical (unpaired) electrons. The molecule has 1 unspecified atom stereocenters. The largest absolute Gasteiger partial charge is 0.329 e. The summed E-state index contributed by atoms with van der Waals surface area (Å²) in [5.41, 5.74) is 5.69. The molecule has 94 valence electrons. The fraction of sp³-hybridized carbons (Fsp3) is 0.545. The van der Waals surface area contributed by atoms with Crippen molar-refractivity contribution in [2.24, 2.45) is 11.1 Å². The quantitative estimate of drug-likeness (QED) is 0.805. The number of aryl methyl sites for hydroxylation is 1. The van der Waals surface area contributed by atoms with Crippen LogP contribution >= 0.6 is 11.6 Å². The van der Waals surface area contributed by atoms with E-state index in [1.807, 2.05) is 6.92 Å². The number of nitrogens with zero attached hydrogens (tertiary/aromatic N) is 2. The third-order valence-electron chi connectivity index (χ3n) is 2.83. The molecule has 0 fully saturated rings. The van der Waals surface area contributed by atoms with E-state index < -0.39 is 5.41 Å². The van der Waals surface area contributed by atoms with Crippen LogP contribution in [-0.4, -0.2) is 22.4 Å². The third kappa shape index (κ3) is 3.38. The van der Waals surface area contributed by atoms with E-state index in [4.69, 9.17) is 17.3 Å². The molecule has 0 spiro atoms. The molecule has 0 aromatic carbocycles. The fourth-order valence-electron chi connectivity index (χ4n) is 1.24. The molecule has 1 atom stereocenters. The number of hydrogen-bond acceptors (Lipinski definition) is 4. The summed E-state index contributed by atoms with van der Waals surface area (Å²) in [6.45, 7) is 5.77. The molecule has 6 heteroatoms. The molecule has 1 heterocycles. The number of nitrogens with one attached hydrogen (secondary N) is 1. The zero-order valence-electron chi connectivity index (χ0n) is 10.2. The van der Waals surface area contributed by atoms with Crippen molar-refractivity contribution >= 4 is 23.5 Å². The Morgan fingerprint density at radius 3 is 2.71 bits per heavy atom. The van der Waals surface area contributed by atoms with Gasteiger partial charge in [-0.1, -0.05) is 18.5 Å². The minimum absolute atomic E-state index is 0.191. The van der Waals surface area contributed by atoms with Gasteiger partial charge in [-0.25, -0.2) is 9.97 Å². The van der Waals surface area contributed by atoms with E-state index in [-0.39, 0.29) is 18.4 Å². The van der Waals surface area contributed by atoms with E-state index in [9.17, 15) is 4.79 Å². The van der Waals surface area contributed by atoms with Crippen molar-refractivity contribution in [1.29, 1.82) is 0 Å². The number of amides is 1. The molecular formula is C11H17ClN4O. The smallest absolute Gasteiger partial charge is 0.233 e. The van der Waals surface area contributed by atoms with Gasteiger partial charge in [-0.3, -0.25) is 10.1 Å². The monoisotopic (exact) mass is 256 g/mol. The van der Waals surface area contributed by atoms with Crippen LogP contribution in [0.4, 0.5) is 5.95 Å². The topological polar surface area (TPSA) is 80.9 Å². The van der Waals surface area contributed by atoms with Gasteiger partial charge in [0.15, 0.2) is 0 Å². The van der Waals surface area contributed by atoms with Crippen molar-refractivity contribution in [2.45, 2.75) is 27.2 Å². The second-order valence-electron chi connectivity index (χ2n) is 4.23. The number of carbonyl (C=O) groups is 1. The molecule has 5 nitrogen and oxygen atoms in total. The number of hydrogen-bond donors (Lipinski definition) is 2. The normalized spacial score (nSPS) is 14.2. The molecule has 0 aliphatic heterocycles. The SMILES string of the molecule is CCC(C)(CN)C(=O)Nc1nc(C)cc(Cl)n1. The minimum Gasteiger partial charge on any atom is -0.329 e. The van der Waals surface area contributed by atoms with Crippen molar-refractivity contribution in [3.05, 3.63) is 16.9 Å². The maximum absolute atomic E-state index is 12.0. The predicted molar refractivity (Wildman–Crippen MR) is 67.9 cm³/mol. The average Bonchev–Trinajstić information content (AvgIpc) is 2.26. The Morgan fingerprint density at radius 1 is 1.59 bits per heavy atom. The maximum atomic E-state index is 12.0. The van der Waals surface area contributed by atoms with E-state index in [1.165, 1.54) is 0 Å². The lowest BCUT2D eigenvalue weighted by Gasteiger charge is -2.24. The molecule has 1 rings (SSSR count). The van der Waals surface area contributed by atoms with Crippen LogP contribution in [0.5, 0.6) is 0 Å². The van der Waals surface area contributed by atoms with E-state index >= 15 is 0 Å². The molecule has 17 heavy (non-hydrogen) atoms. The summed E-state index contributed by atoms with van der Waals surface area (Å²) in [6.07, 6.45) is 0.648. The maximum Gasteiger partial charge on any atom is 0.233 e. The van der Waals surface area contributed by atoms with Gasteiger partial charge in [0, 0.05) is 12.2 Å². The summed E-state index contributed by atoms with van der Waals surface area (Å²) in [4.78, 5) is 20.0. The Morgan fingerprint density at radius 2 is 2.24 bits per heavy atom. The molecular weight excluding hydrogens is 240 g/mol. The van der Waals surface area contributed by atoms with Gasteiger partial charge in [-0.15, -0.1) is 0 Å². The third-order valence-corrected chi connectivity index (χ3v) is 3.02. The van der Waals surface area contributed by atoms with Crippen LogP contribution in [-0.2, 0) is 4.79 Å². The van der Waals surface area contributed by atoms with Crippen molar-refractivity contribution in [3.8, 4) is 0 Å². The van der Waals surface area contributed by atoms with Crippen LogP contribution in [0, 0.1) is 12.3 Å². The number of aromatic nitrogens is 2. The highest BCUT2D eigenvalue weighted by molar-refractivity contribution is 6.29. The number of carbonyl (C=O) groups excluding carboxylic acids is 1. The van der Waals surface area contributed by atoms with Crippen LogP contribution in [0.15, 0.2) is 6.07 Å². The van der Waals surface area contributed by atoms with Gasteiger partial charge in [-0.2, -0.15) is 0 Å². The zero-order valence-corrected chi connectivity index (χ0v) is 11.0. The van der Waals surface area contributed by atoms with E-state index in [2.05, 4.69) is 15.3 Å². The number of halogens is 1. The zero-order chi connectivity index (χ0) is 13.1. The van der Waals surface area contributed by atoms with Crippen molar-refractivity contribution < 1.29 is 4.79 Å². The van der Waals surface area contributed by atoms with Gasteiger partial charge < -0.3 is 5.73 Å². The molecule has 0 saturated heterocycles. The Balaban J connectivity index is 2.87. The lowest BCUT2D eigenvalue weighted by atomic mass is 9.87. The van der Waals surface area contributed by atoms with Crippen LogP contribution in [0.3, 0.4) is 0 Å². The molecule has 0 bridgehead atoms. The van der Waals surface area contributed by atoms with Crippen LogP contribution < -0.4 is 11.1 Å². The first-order chi connectivity index (χ1) is 7.91. The van der Waals surface area contributed by atoms with Crippen LogP contribution in [0.25, 0.3) is 0 Å². The van der Waals surface area contributed by atoms with Gasteiger partial charge in [0.1, 0.15) is 5.15 Å². The Labute approximate surface area is 106 Å². The average molecular weight is 257 g/mol. The summed E-state index contributed by atoms with van der Waals surface area (Å²) < 4.78 is 0. The highest BCUT2D eigenvalue weighted by Crippen LogP contribution is 2.21. The second-order valence-corrected chi connectivity index (χ2v) is 4.62. The van der Waals surface area contributed by atoms with Gasteiger partial charge in [0.05, 0.1) is 5.41 Å². The Hall–Kier alpha value is -1.20. The summed E-state index contributed by atoms with van der Waals surface area (Å²) in [6, 6.07) is 1.62. The first-order valence-electron chi connectivity index (χ1n) is 5.44. The molecule has 0 aliphatic carbocycles. The predicted octanol–water partition coefficient (Wildman–Crippen LogP) is 1.75. The lowest BCUT2D eigenvalue weighted by Crippen LogP contribution is -2.39. The first-order valence-corrected chi connectivity index (χ1v) is 5.82. The second kappa shape index (κ2) is 5.42.